The highest BCUT2D eigenvalue weighted by atomic mass is 16.5. The molecule has 1 N–H and O–H groups in total. The Kier molecular flexibility index (Phi) is 7.62. The standard InChI is InChI=1S/C27H33N5O2/c1-4-31(5-2)26(33)21-10-9-17-32(19-21)27-28-20(3)18-25(30-27)29-22-13-15-24(16-14-22)34-23-11-7-6-8-12-23/h6-8,11-16,18,21H,4-5,9-10,17,19H2,1-3H3,(H,28,29,30). The fraction of sp³-hybridized carbons (Fsp3) is 0.370. The first-order valence-corrected chi connectivity index (χ1v) is 12.0. The van der Waals surface area contributed by atoms with Crippen molar-refractivity contribution < 1.29 is 9.53 Å². The number of nitrogens with zero attached hydrogens (tertiary/aromatic N) is 4. The van der Waals surface area contributed by atoms with Crippen molar-refractivity contribution in [1.82, 2.24) is 14.9 Å². The molecule has 1 amide bonds. The molecule has 7 nitrogen and oxygen atoms in total. The molecule has 1 atom stereocenters. The Hall–Kier alpha value is -3.61. The third-order valence-electron chi connectivity index (χ3n) is 6.08. The smallest absolute Gasteiger partial charge is 0.227 e. The maximum Gasteiger partial charge on any atom is 0.227 e. The van der Waals surface area contributed by atoms with E-state index in [9.17, 15) is 4.79 Å². The Morgan fingerprint density at radius 3 is 2.47 bits per heavy atom. The van der Waals surface area contributed by atoms with E-state index in [1.807, 2.05) is 86.3 Å². The second kappa shape index (κ2) is 11.0. The lowest BCUT2D eigenvalue weighted by molar-refractivity contribution is -0.135. The molecule has 0 radical (unpaired) electrons. The van der Waals surface area contributed by atoms with Gasteiger partial charge in [-0.2, -0.15) is 4.98 Å². The van der Waals surface area contributed by atoms with Crippen LogP contribution in [0, 0.1) is 12.8 Å². The van der Waals surface area contributed by atoms with E-state index in [0.717, 1.165) is 61.2 Å². The molecule has 1 fully saturated rings. The summed E-state index contributed by atoms with van der Waals surface area (Å²) in [5.41, 5.74) is 1.80. The van der Waals surface area contributed by atoms with Gasteiger partial charge in [0.05, 0.1) is 5.92 Å². The summed E-state index contributed by atoms with van der Waals surface area (Å²) in [6.45, 7) is 9.04. The molecule has 2 heterocycles. The molecule has 3 aromatic rings. The average molecular weight is 460 g/mol. The Labute approximate surface area is 201 Å². The molecule has 0 bridgehead atoms. The summed E-state index contributed by atoms with van der Waals surface area (Å²) in [5.74, 6) is 3.21. The normalized spacial score (nSPS) is 15.6. The molecule has 0 aliphatic carbocycles. The SMILES string of the molecule is CCN(CC)C(=O)C1CCCN(c2nc(C)cc(Nc3ccc(Oc4ccccc4)cc3)n2)C1. The van der Waals surface area contributed by atoms with Crippen molar-refractivity contribution in [2.45, 2.75) is 33.6 Å². The molecule has 1 unspecified atom stereocenters. The molecule has 178 valence electrons. The zero-order chi connectivity index (χ0) is 23.9. The number of carbonyl (C=O) groups excluding carboxylic acids is 1. The maximum atomic E-state index is 12.9. The van der Waals surface area contributed by atoms with Crippen LogP contribution in [0.25, 0.3) is 0 Å². The van der Waals surface area contributed by atoms with Gasteiger partial charge in [0.25, 0.3) is 0 Å². The highest BCUT2D eigenvalue weighted by molar-refractivity contribution is 5.79. The van der Waals surface area contributed by atoms with E-state index in [4.69, 9.17) is 9.72 Å². The van der Waals surface area contributed by atoms with Gasteiger partial charge in [0.2, 0.25) is 11.9 Å². The second-order valence-electron chi connectivity index (χ2n) is 8.55. The topological polar surface area (TPSA) is 70.6 Å². The van der Waals surface area contributed by atoms with E-state index in [1.165, 1.54) is 0 Å². The van der Waals surface area contributed by atoms with Crippen molar-refractivity contribution in [2.24, 2.45) is 5.92 Å². The van der Waals surface area contributed by atoms with E-state index in [1.54, 1.807) is 0 Å². The first-order valence-electron chi connectivity index (χ1n) is 12.0. The lowest BCUT2D eigenvalue weighted by Gasteiger charge is -2.34. The van der Waals surface area contributed by atoms with Crippen molar-refractivity contribution in [3.05, 3.63) is 66.4 Å². The molecular weight excluding hydrogens is 426 g/mol. The Morgan fingerprint density at radius 2 is 1.76 bits per heavy atom. The first-order chi connectivity index (χ1) is 16.6. The number of nitrogens with one attached hydrogen (secondary N) is 1. The van der Waals surface area contributed by atoms with E-state index in [-0.39, 0.29) is 11.8 Å². The number of anilines is 3. The molecular formula is C27H33N5O2. The number of aromatic nitrogens is 2. The molecule has 1 aliphatic heterocycles. The number of carbonyl (C=O) groups is 1. The lowest BCUT2D eigenvalue weighted by atomic mass is 9.96. The number of para-hydroxylation sites is 1. The Morgan fingerprint density at radius 1 is 1.06 bits per heavy atom. The van der Waals surface area contributed by atoms with Crippen LogP contribution in [0.15, 0.2) is 60.7 Å². The van der Waals surface area contributed by atoms with Crippen LogP contribution in [0.3, 0.4) is 0 Å². The van der Waals surface area contributed by atoms with E-state index >= 15 is 0 Å². The van der Waals surface area contributed by atoms with Crippen LogP contribution < -0.4 is 15.0 Å². The van der Waals surface area contributed by atoms with Gasteiger partial charge in [-0.3, -0.25) is 4.79 Å². The summed E-state index contributed by atoms with van der Waals surface area (Å²) < 4.78 is 5.87. The molecule has 7 heteroatoms. The highest BCUT2D eigenvalue weighted by Gasteiger charge is 2.29. The molecule has 34 heavy (non-hydrogen) atoms. The van der Waals surface area contributed by atoms with Crippen LogP contribution in [-0.2, 0) is 4.79 Å². The molecule has 2 aromatic carbocycles. The fourth-order valence-electron chi connectivity index (χ4n) is 4.29. The van der Waals surface area contributed by atoms with E-state index in [0.29, 0.717) is 12.5 Å². The second-order valence-corrected chi connectivity index (χ2v) is 8.55. The number of amides is 1. The number of ether oxygens (including phenoxy) is 1. The zero-order valence-electron chi connectivity index (χ0n) is 20.2. The summed E-state index contributed by atoms with van der Waals surface area (Å²) in [6.07, 6.45) is 1.88. The fourth-order valence-corrected chi connectivity index (χ4v) is 4.29. The number of piperidine rings is 1. The van der Waals surface area contributed by atoms with Gasteiger partial charge < -0.3 is 19.9 Å². The van der Waals surface area contributed by atoms with Crippen LogP contribution in [0.2, 0.25) is 0 Å². The average Bonchev–Trinajstić information content (AvgIpc) is 2.86. The van der Waals surface area contributed by atoms with Crippen molar-refractivity contribution >= 4 is 23.4 Å². The third-order valence-corrected chi connectivity index (χ3v) is 6.08. The van der Waals surface area contributed by atoms with Crippen LogP contribution in [0.4, 0.5) is 17.5 Å². The monoisotopic (exact) mass is 459 g/mol. The summed E-state index contributed by atoms with van der Waals surface area (Å²) in [4.78, 5) is 26.4. The minimum absolute atomic E-state index is 0.00803. The molecule has 0 spiro atoms. The van der Waals surface area contributed by atoms with Gasteiger partial charge in [0, 0.05) is 43.6 Å². The molecule has 1 saturated heterocycles. The van der Waals surface area contributed by atoms with Crippen LogP contribution in [-0.4, -0.2) is 47.0 Å². The van der Waals surface area contributed by atoms with Crippen LogP contribution in [0.1, 0.15) is 32.4 Å². The van der Waals surface area contributed by atoms with Gasteiger partial charge in [0.15, 0.2) is 0 Å². The molecule has 4 rings (SSSR count). The number of hydrogen-bond donors (Lipinski definition) is 1. The number of aryl methyl sites for hydroxylation is 1. The Bertz CT molecular complexity index is 1080. The van der Waals surface area contributed by atoms with Crippen molar-refractivity contribution in [3.63, 3.8) is 0 Å². The predicted octanol–water partition coefficient (Wildman–Crippen LogP) is 5.41. The van der Waals surface area contributed by atoms with Crippen molar-refractivity contribution in [2.75, 3.05) is 36.4 Å². The first kappa shape index (κ1) is 23.5. The van der Waals surface area contributed by atoms with Gasteiger partial charge >= 0.3 is 0 Å². The molecule has 1 aromatic heterocycles. The maximum absolute atomic E-state index is 12.9. The number of benzene rings is 2. The van der Waals surface area contributed by atoms with E-state index < -0.39 is 0 Å². The van der Waals surface area contributed by atoms with E-state index in [2.05, 4.69) is 15.2 Å². The summed E-state index contributed by atoms with van der Waals surface area (Å²) >= 11 is 0. The van der Waals surface area contributed by atoms with Gasteiger partial charge in [-0.1, -0.05) is 18.2 Å². The molecule has 1 aliphatic rings. The minimum Gasteiger partial charge on any atom is -0.457 e. The lowest BCUT2D eigenvalue weighted by Crippen LogP contribution is -2.45. The summed E-state index contributed by atoms with van der Waals surface area (Å²) in [5, 5.41) is 3.38. The largest absolute Gasteiger partial charge is 0.457 e. The highest BCUT2D eigenvalue weighted by Crippen LogP contribution is 2.26. The minimum atomic E-state index is -0.00803. The van der Waals surface area contributed by atoms with Gasteiger partial charge in [0.1, 0.15) is 17.3 Å². The van der Waals surface area contributed by atoms with Gasteiger partial charge in [-0.15, -0.1) is 0 Å². The third kappa shape index (κ3) is 5.84. The van der Waals surface area contributed by atoms with Crippen molar-refractivity contribution in [1.29, 1.82) is 0 Å². The predicted molar refractivity (Wildman–Crippen MR) is 136 cm³/mol. The zero-order valence-corrected chi connectivity index (χ0v) is 20.2. The number of rotatable bonds is 8. The quantitative estimate of drug-likeness (QED) is 0.486. The summed E-state index contributed by atoms with van der Waals surface area (Å²) in [7, 11) is 0. The molecule has 0 saturated carbocycles. The van der Waals surface area contributed by atoms with Gasteiger partial charge in [-0.25, -0.2) is 4.98 Å². The summed E-state index contributed by atoms with van der Waals surface area (Å²) in [6, 6.07) is 19.4. The Balaban J connectivity index is 1.44. The van der Waals surface area contributed by atoms with Crippen molar-refractivity contribution in [3.8, 4) is 11.5 Å². The van der Waals surface area contributed by atoms with Crippen LogP contribution >= 0.6 is 0 Å². The van der Waals surface area contributed by atoms with Crippen LogP contribution in [0.5, 0.6) is 11.5 Å². The van der Waals surface area contributed by atoms with Gasteiger partial charge in [-0.05, 0) is 70.0 Å². The number of hydrogen-bond acceptors (Lipinski definition) is 6.